The molecule has 5 heteroatoms. The number of benzene rings is 1. The fourth-order valence-corrected chi connectivity index (χ4v) is 5.29. The Morgan fingerprint density at radius 3 is 2.50 bits per heavy atom. The van der Waals surface area contributed by atoms with Gasteiger partial charge >= 0.3 is 0 Å². The molecule has 1 N–H and O–H groups in total. The van der Waals surface area contributed by atoms with Crippen LogP contribution in [-0.2, 0) is 9.59 Å². The number of amides is 2. The monoisotopic (exact) mass is 443 g/mol. The number of allylic oxidation sites excluding steroid dienone is 1. The van der Waals surface area contributed by atoms with Crippen molar-refractivity contribution in [2.45, 2.75) is 91.1 Å². The zero-order chi connectivity index (χ0) is 23.3. The number of aliphatic hydroxyl groups excluding tert-OH is 1. The first-order chi connectivity index (χ1) is 15.4. The highest BCUT2D eigenvalue weighted by Gasteiger charge is 2.54. The first-order valence-electron chi connectivity index (χ1n) is 12.4. The molecule has 0 radical (unpaired) electrons. The molecule has 0 spiro atoms. The highest BCUT2D eigenvalue weighted by atomic mass is 19.1. The molecule has 1 aliphatic carbocycles. The minimum atomic E-state index is -0.648. The predicted octanol–water partition coefficient (Wildman–Crippen LogP) is 6.10. The summed E-state index contributed by atoms with van der Waals surface area (Å²) in [5.41, 5.74) is 2.21. The van der Waals surface area contributed by atoms with Gasteiger partial charge in [0.15, 0.2) is 0 Å². The molecule has 4 atom stereocenters. The van der Waals surface area contributed by atoms with Gasteiger partial charge in [-0.25, -0.2) is 9.29 Å². The molecule has 2 amide bonds. The van der Waals surface area contributed by atoms with E-state index < -0.39 is 23.8 Å². The summed E-state index contributed by atoms with van der Waals surface area (Å²) in [5.74, 6) is -2.41. The summed E-state index contributed by atoms with van der Waals surface area (Å²) in [4.78, 5) is 28.1. The van der Waals surface area contributed by atoms with Crippen LogP contribution >= 0.6 is 0 Å². The van der Waals surface area contributed by atoms with Crippen LogP contribution in [0.5, 0.6) is 0 Å². The fraction of sp³-hybridized carbons (Fsp3) is 0.630. The van der Waals surface area contributed by atoms with Gasteiger partial charge in [-0.15, -0.1) is 0 Å². The third-order valence-corrected chi connectivity index (χ3v) is 7.11. The molecular weight excluding hydrogens is 405 g/mol. The molecular formula is C27H38FNO3. The molecule has 0 unspecified atom stereocenters. The summed E-state index contributed by atoms with van der Waals surface area (Å²) in [6.07, 6.45) is 11.1. The average Bonchev–Trinajstić information content (AvgIpc) is 3.02. The molecule has 4 nitrogen and oxygen atoms in total. The van der Waals surface area contributed by atoms with Crippen molar-refractivity contribution in [2.24, 2.45) is 17.8 Å². The molecule has 1 aliphatic heterocycles. The van der Waals surface area contributed by atoms with Crippen LogP contribution in [0.1, 0.15) is 83.6 Å². The van der Waals surface area contributed by atoms with Crippen molar-refractivity contribution in [3.63, 3.8) is 0 Å². The lowest BCUT2D eigenvalue weighted by atomic mass is 9.70. The van der Waals surface area contributed by atoms with Crippen molar-refractivity contribution in [1.29, 1.82) is 0 Å². The highest BCUT2D eigenvalue weighted by Crippen LogP contribution is 2.46. The van der Waals surface area contributed by atoms with E-state index in [1.165, 1.54) is 29.0 Å². The van der Waals surface area contributed by atoms with E-state index in [9.17, 15) is 19.1 Å². The van der Waals surface area contributed by atoms with E-state index >= 15 is 0 Å². The van der Waals surface area contributed by atoms with Crippen molar-refractivity contribution >= 4 is 17.5 Å². The van der Waals surface area contributed by atoms with Gasteiger partial charge in [-0.3, -0.25) is 9.59 Å². The maximum Gasteiger partial charge on any atom is 0.238 e. The lowest BCUT2D eigenvalue weighted by molar-refractivity contribution is -0.123. The standard InChI is InChI=1S/C27H38FNO3/c1-4-6-8-10-11-19-15-21(24(30)12-9-7-5-2)25-22(16-19)26(31)29(27(25)32)23-17-20(28)14-13-18(23)3/h13-15,17,21-22,24-25,30H,4-12,16H2,1-3H3/t21-,22-,24-,25+/m1/s1. The van der Waals surface area contributed by atoms with Gasteiger partial charge in [0, 0.05) is 5.92 Å². The second kappa shape index (κ2) is 11.2. The second-order valence-electron chi connectivity index (χ2n) is 9.56. The van der Waals surface area contributed by atoms with E-state index in [0.717, 1.165) is 44.9 Å². The van der Waals surface area contributed by atoms with Gasteiger partial charge in [0.25, 0.3) is 0 Å². The second-order valence-corrected chi connectivity index (χ2v) is 9.56. The van der Waals surface area contributed by atoms with Crippen LogP contribution in [0.4, 0.5) is 10.1 Å². The molecule has 1 heterocycles. The van der Waals surface area contributed by atoms with Crippen molar-refractivity contribution in [1.82, 2.24) is 0 Å². The SMILES string of the molecule is CCCCCCC1=C[C@H]([C@H](O)CCCCC)[C@@H]2C(=O)N(c3cc(F)ccc3C)C(=O)[C@@H]2C1. The van der Waals surface area contributed by atoms with Crippen molar-refractivity contribution in [2.75, 3.05) is 4.90 Å². The first-order valence-corrected chi connectivity index (χ1v) is 12.4. The normalized spacial score (nSPS) is 24.0. The Balaban J connectivity index is 1.88. The summed E-state index contributed by atoms with van der Waals surface area (Å²) >= 11 is 0. The van der Waals surface area contributed by atoms with Crippen LogP contribution in [0.3, 0.4) is 0 Å². The fourth-order valence-electron chi connectivity index (χ4n) is 5.29. The quantitative estimate of drug-likeness (QED) is 0.255. The minimum Gasteiger partial charge on any atom is -0.392 e. The van der Waals surface area contributed by atoms with Crippen molar-refractivity contribution < 1.29 is 19.1 Å². The number of aryl methyl sites for hydroxylation is 1. The minimum absolute atomic E-state index is 0.251. The largest absolute Gasteiger partial charge is 0.392 e. The lowest BCUT2D eigenvalue weighted by Crippen LogP contribution is -2.37. The Morgan fingerprint density at radius 1 is 1.06 bits per heavy atom. The van der Waals surface area contributed by atoms with Crippen molar-refractivity contribution in [3.05, 3.63) is 41.2 Å². The predicted molar refractivity (Wildman–Crippen MR) is 126 cm³/mol. The summed E-state index contributed by atoms with van der Waals surface area (Å²) in [7, 11) is 0. The molecule has 3 rings (SSSR count). The molecule has 0 saturated carbocycles. The van der Waals surface area contributed by atoms with E-state index in [4.69, 9.17) is 0 Å². The average molecular weight is 444 g/mol. The number of hydrogen-bond donors (Lipinski definition) is 1. The zero-order valence-electron chi connectivity index (χ0n) is 19.8. The molecule has 1 aromatic rings. The van der Waals surface area contributed by atoms with E-state index in [0.29, 0.717) is 24.1 Å². The van der Waals surface area contributed by atoms with Crippen LogP contribution in [-0.4, -0.2) is 23.0 Å². The summed E-state index contributed by atoms with van der Waals surface area (Å²) < 4.78 is 14.0. The van der Waals surface area contributed by atoms with Gasteiger partial charge in [0.05, 0.1) is 23.6 Å². The van der Waals surface area contributed by atoms with Gasteiger partial charge in [-0.1, -0.05) is 70.1 Å². The number of hydrogen-bond acceptors (Lipinski definition) is 3. The van der Waals surface area contributed by atoms with Gasteiger partial charge in [0.1, 0.15) is 5.82 Å². The van der Waals surface area contributed by atoms with Gasteiger partial charge in [-0.05, 0) is 50.3 Å². The third-order valence-electron chi connectivity index (χ3n) is 7.11. The van der Waals surface area contributed by atoms with Crippen molar-refractivity contribution in [3.8, 4) is 0 Å². The number of unbranched alkanes of at least 4 members (excludes halogenated alkanes) is 5. The lowest BCUT2D eigenvalue weighted by Gasteiger charge is -2.33. The molecule has 0 bridgehead atoms. The van der Waals surface area contributed by atoms with E-state index in [1.54, 1.807) is 13.0 Å². The maximum atomic E-state index is 14.0. The summed E-state index contributed by atoms with van der Waals surface area (Å²) in [6.45, 7) is 6.08. The van der Waals surface area contributed by atoms with Gasteiger partial charge < -0.3 is 5.11 Å². The maximum absolute atomic E-state index is 14.0. The van der Waals surface area contributed by atoms with Crippen LogP contribution in [0.25, 0.3) is 0 Å². The molecule has 1 fully saturated rings. The molecule has 2 aliphatic rings. The Labute approximate surface area is 191 Å². The number of aliphatic hydroxyl groups is 1. The smallest absolute Gasteiger partial charge is 0.238 e. The Morgan fingerprint density at radius 2 is 1.78 bits per heavy atom. The van der Waals surface area contributed by atoms with Crippen LogP contribution in [0, 0.1) is 30.5 Å². The molecule has 0 aromatic heterocycles. The molecule has 32 heavy (non-hydrogen) atoms. The van der Waals surface area contributed by atoms with E-state index in [2.05, 4.69) is 19.9 Å². The van der Waals surface area contributed by atoms with Crippen LogP contribution in [0.15, 0.2) is 29.8 Å². The Hall–Kier alpha value is -2.01. The number of nitrogens with zero attached hydrogens (tertiary/aromatic N) is 1. The number of carbonyl (C=O) groups is 2. The van der Waals surface area contributed by atoms with E-state index in [1.807, 2.05) is 0 Å². The number of imide groups is 1. The summed E-state index contributed by atoms with van der Waals surface area (Å²) in [6, 6.07) is 4.21. The molecule has 1 saturated heterocycles. The van der Waals surface area contributed by atoms with Gasteiger partial charge in [0.2, 0.25) is 11.8 Å². The Bertz CT molecular complexity index is 849. The number of halogens is 1. The highest BCUT2D eigenvalue weighted by molar-refractivity contribution is 6.22. The van der Waals surface area contributed by atoms with E-state index in [-0.39, 0.29) is 17.7 Å². The number of fused-ring (bicyclic) bond motifs is 1. The summed E-state index contributed by atoms with van der Waals surface area (Å²) in [5, 5.41) is 11.0. The number of anilines is 1. The topological polar surface area (TPSA) is 57.6 Å². The van der Waals surface area contributed by atoms with Gasteiger partial charge in [-0.2, -0.15) is 0 Å². The molecule has 176 valence electrons. The third kappa shape index (κ3) is 5.31. The van der Waals surface area contributed by atoms with Crippen LogP contribution < -0.4 is 4.90 Å². The number of rotatable bonds is 11. The Kier molecular flexibility index (Phi) is 8.64. The molecule has 1 aromatic carbocycles. The number of carbonyl (C=O) groups excluding carboxylic acids is 2. The first kappa shape index (κ1) is 24.6. The zero-order valence-corrected chi connectivity index (χ0v) is 19.8. The van der Waals surface area contributed by atoms with Crippen LogP contribution in [0.2, 0.25) is 0 Å².